The van der Waals surface area contributed by atoms with E-state index in [0.29, 0.717) is 39.8 Å². The zero-order valence-corrected chi connectivity index (χ0v) is 26.7. The highest BCUT2D eigenvalue weighted by molar-refractivity contribution is 7.99. The summed E-state index contributed by atoms with van der Waals surface area (Å²) in [4.78, 5) is 48.8. The number of aromatic amines is 1. The standard InChI is InChI=1S/C36H33ClN4O4S/c1-22(35(43)41-19-16-25(17-20-41)30(23-9-4-2-5-10-23)24-11-6-3-7-12-24)39-33(42)31-32(28-21-26(37)14-15-29(28)40-31)46-34-27(36(44)45)13-8-18-38-34/h2-15,18,21-22,25,30,40H,16-17,19-20H2,1H3,(H,39,42)(H,44,45)/t22-/m1/s1. The fraction of sp³-hybridized carbons (Fsp3) is 0.222. The fourth-order valence-corrected chi connectivity index (χ4v) is 7.52. The summed E-state index contributed by atoms with van der Waals surface area (Å²) < 4.78 is 0. The molecule has 1 fully saturated rings. The summed E-state index contributed by atoms with van der Waals surface area (Å²) in [5.74, 6) is -1.13. The van der Waals surface area contributed by atoms with Crippen LogP contribution in [0.5, 0.6) is 0 Å². The van der Waals surface area contributed by atoms with E-state index in [0.717, 1.165) is 24.6 Å². The molecule has 0 bridgehead atoms. The monoisotopic (exact) mass is 652 g/mol. The van der Waals surface area contributed by atoms with E-state index in [-0.39, 0.29) is 28.1 Å². The van der Waals surface area contributed by atoms with Gasteiger partial charge >= 0.3 is 5.97 Å². The molecule has 1 aliphatic heterocycles. The number of aromatic nitrogens is 2. The highest BCUT2D eigenvalue weighted by Gasteiger charge is 2.33. The number of H-pyrrole nitrogens is 1. The Kier molecular flexibility index (Phi) is 9.42. The summed E-state index contributed by atoms with van der Waals surface area (Å²) >= 11 is 7.36. The molecule has 2 amide bonds. The van der Waals surface area contributed by atoms with E-state index in [1.54, 1.807) is 31.2 Å². The van der Waals surface area contributed by atoms with Crippen LogP contribution >= 0.6 is 23.4 Å². The molecule has 0 radical (unpaired) electrons. The lowest BCUT2D eigenvalue weighted by Gasteiger charge is -2.37. The van der Waals surface area contributed by atoms with E-state index in [1.807, 2.05) is 17.0 Å². The topological polar surface area (TPSA) is 115 Å². The number of hydrogen-bond donors (Lipinski definition) is 3. The molecule has 0 spiro atoms. The van der Waals surface area contributed by atoms with Crippen molar-refractivity contribution < 1.29 is 19.5 Å². The van der Waals surface area contributed by atoms with E-state index in [2.05, 4.69) is 63.8 Å². The van der Waals surface area contributed by atoms with Crippen molar-refractivity contribution in [2.24, 2.45) is 5.92 Å². The SMILES string of the molecule is C[C@@H](NC(=O)c1[nH]c2ccc(Cl)cc2c1Sc1ncccc1C(=O)O)C(=O)N1CCC(C(c2ccccc2)c2ccccc2)CC1. The molecule has 0 aliphatic carbocycles. The number of benzene rings is 3. The molecule has 0 unspecified atom stereocenters. The molecule has 1 saturated heterocycles. The molecule has 5 aromatic rings. The number of hydrogen-bond acceptors (Lipinski definition) is 5. The Labute approximate surface area is 276 Å². The van der Waals surface area contributed by atoms with Gasteiger partial charge in [0.15, 0.2) is 0 Å². The summed E-state index contributed by atoms with van der Waals surface area (Å²) in [5.41, 5.74) is 3.42. The number of nitrogens with one attached hydrogen (secondary N) is 2. The molecule has 10 heteroatoms. The lowest BCUT2D eigenvalue weighted by molar-refractivity contribution is -0.134. The van der Waals surface area contributed by atoms with Crippen molar-refractivity contribution in [2.75, 3.05) is 13.1 Å². The molecule has 3 aromatic carbocycles. The summed E-state index contributed by atoms with van der Waals surface area (Å²) in [5, 5.41) is 13.9. The number of fused-ring (bicyclic) bond motifs is 1. The average Bonchev–Trinajstić information content (AvgIpc) is 3.43. The van der Waals surface area contributed by atoms with Crippen LogP contribution in [0.25, 0.3) is 10.9 Å². The molecule has 0 saturated carbocycles. The lowest BCUT2D eigenvalue weighted by atomic mass is 9.76. The van der Waals surface area contributed by atoms with E-state index in [4.69, 9.17) is 11.6 Å². The van der Waals surface area contributed by atoms with Crippen LogP contribution in [0.4, 0.5) is 0 Å². The van der Waals surface area contributed by atoms with Gasteiger partial charge in [-0.05, 0) is 67.1 Å². The Morgan fingerprint density at radius 2 is 1.61 bits per heavy atom. The van der Waals surface area contributed by atoms with Gasteiger partial charge in [-0.2, -0.15) is 0 Å². The van der Waals surface area contributed by atoms with Crippen molar-refractivity contribution in [3.63, 3.8) is 0 Å². The van der Waals surface area contributed by atoms with Crippen molar-refractivity contribution in [3.8, 4) is 0 Å². The van der Waals surface area contributed by atoms with Crippen LogP contribution in [0, 0.1) is 5.92 Å². The van der Waals surface area contributed by atoms with Crippen LogP contribution in [0.2, 0.25) is 5.02 Å². The molecule has 46 heavy (non-hydrogen) atoms. The predicted octanol–water partition coefficient (Wildman–Crippen LogP) is 7.25. The van der Waals surface area contributed by atoms with Gasteiger partial charge in [-0.15, -0.1) is 0 Å². The summed E-state index contributed by atoms with van der Waals surface area (Å²) in [7, 11) is 0. The molecule has 3 heterocycles. The van der Waals surface area contributed by atoms with Gasteiger partial charge in [0.05, 0.1) is 10.5 Å². The van der Waals surface area contributed by atoms with Gasteiger partial charge in [0.1, 0.15) is 16.8 Å². The van der Waals surface area contributed by atoms with Crippen LogP contribution in [-0.2, 0) is 4.79 Å². The van der Waals surface area contributed by atoms with E-state index >= 15 is 0 Å². The van der Waals surface area contributed by atoms with Gasteiger partial charge in [-0.1, -0.05) is 84.0 Å². The minimum Gasteiger partial charge on any atom is -0.478 e. The third-order valence-corrected chi connectivity index (χ3v) is 9.88. The minimum atomic E-state index is -1.12. The number of rotatable bonds is 9. The molecular weight excluding hydrogens is 620 g/mol. The zero-order valence-electron chi connectivity index (χ0n) is 25.2. The van der Waals surface area contributed by atoms with Crippen molar-refractivity contribution >= 4 is 52.0 Å². The summed E-state index contributed by atoms with van der Waals surface area (Å²) in [6, 6.07) is 28.4. The molecular formula is C36H33ClN4O4S. The van der Waals surface area contributed by atoms with Crippen LogP contribution in [-0.4, -0.2) is 56.9 Å². The van der Waals surface area contributed by atoms with E-state index < -0.39 is 17.9 Å². The van der Waals surface area contributed by atoms with E-state index in [1.165, 1.54) is 23.4 Å². The molecule has 234 valence electrons. The van der Waals surface area contributed by atoms with Crippen LogP contribution in [0.3, 0.4) is 0 Å². The van der Waals surface area contributed by atoms with Crippen molar-refractivity contribution in [1.82, 2.24) is 20.2 Å². The number of carboxylic acid groups (broad SMARTS) is 1. The summed E-state index contributed by atoms with van der Waals surface area (Å²) in [6.07, 6.45) is 3.20. The Morgan fingerprint density at radius 1 is 0.957 bits per heavy atom. The first-order chi connectivity index (χ1) is 22.3. The van der Waals surface area contributed by atoms with Gasteiger partial charge < -0.3 is 20.3 Å². The fourth-order valence-electron chi connectivity index (χ4n) is 6.25. The average molecular weight is 653 g/mol. The Hall–Kier alpha value is -4.60. The number of carbonyl (C=O) groups is 3. The van der Waals surface area contributed by atoms with Crippen LogP contribution in [0.15, 0.2) is 107 Å². The molecule has 1 aliphatic rings. The first kappa shape index (κ1) is 31.4. The minimum absolute atomic E-state index is 0.0175. The number of carboxylic acids is 1. The third-order valence-electron chi connectivity index (χ3n) is 8.50. The predicted molar refractivity (Wildman–Crippen MR) is 180 cm³/mol. The third kappa shape index (κ3) is 6.66. The van der Waals surface area contributed by atoms with Crippen LogP contribution in [0.1, 0.15) is 57.7 Å². The number of nitrogens with zero attached hydrogens (tertiary/aromatic N) is 2. The molecule has 1 atom stereocenters. The number of halogens is 1. The number of likely N-dealkylation sites (tertiary alicyclic amines) is 1. The van der Waals surface area contributed by atoms with Crippen LogP contribution < -0.4 is 5.32 Å². The van der Waals surface area contributed by atoms with Crippen molar-refractivity contribution in [3.05, 3.63) is 125 Å². The first-order valence-corrected chi connectivity index (χ1v) is 16.4. The number of aromatic carboxylic acids is 1. The highest BCUT2D eigenvalue weighted by Crippen LogP contribution is 2.39. The maximum absolute atomic E-state index is 13.7. The Bertz CT molecular complexity index is 1830. The Morgan fingerprint density at radius 3 is 2.24 bits per heavy atom. The zero-order chi connectivity index (χ0) is 32.2. The normalized spacial score (nSPS) is 14.4. The number of piperidine rings is 1. The number of pyridine rings is 1. The second-order valence-electron chi connectivity index (χ2n) is 11.4. The second kappa shape index (κ2) is 13.8. The number of amides is 2. The van der Waals surface area contributed by atoms with Gasteiger partial charge in [0.2, 0.25) is 5.91 Å². The molecule has 8 nitrogen and oxygen atoms in total. The molecule has 3 N–H and O–H groups in total. The van der Waals surface area contributed by atoms with Gasteiger partial charge in [-0.25, -0.2) is 9.78 Å². The first-order valence-electron chi connectivity index (χ1n) is 15.2. The van der Waals surface area contributed by atoms with E-state index in [9.17, 15) is 19.5 Å². The number of carbonyl (C=O) groups excluding carboxylic acids is 2. The molecule has 2 aromatic heterocycles. The second-order valence-corrected chi connectivity index (χ2v) is 12.9. The van der Waals surface area contributed by atoms with Gasteiger partial charge in [0, 0.05) is 41.1 Å². The van der Waals surface area contributed by atoms with Crippen molar-refractivity contribution in [2.45, 2.75) is 41.6 Å². The quantitative estimate of drug-likeness (QED) is 0.154. The Balaban J connectivity index is 1.17. The largest absolute Gasteiger partial charge is 0.478 e. The van der Waals surface area contributed by atoms with Gasteiger partial charge in [0.25, 0.3) is 5.91 Å². The maximum atomic E-state index is 13.7. The van der Waals surface area contributed by atoms with Crippen molar-refractivity contribution in [1.29, 1.82) is 0 Å². The molecule has 6 rings (SSSR count). The summed E-state index contributed by atoms with van der Waals surface area (Å²) in [6.45, 7) is 2.89. The lowest BCUT2D eigenvalue weighted by Crippen LogP contribution is -2.49. The van der Waals surface area contributed by atoms with Gasteiger partial charge in [-0.3, -0.25) is 9.59 Å². The maximum Gasteiger partial charge on any atom is 0.338 e. The highest BCUT2D eigenvalue weighted by atomic mass is 35.5. The smallest absolute Gasteiger partial charge is 0.338 e.